The van der Waals surface area contributed by atoms with Crippen LogP contribution in [-0.4, -0.2) is 12.9 Å². The van der Waals surface area contributed by atoms with Crippen LogP contribution in [0.15, 0.2) is 12.1 Å². The number of Topliss-reactive ketones (excluding diaryl/α,β-unsaturated/α-hetero) is 1. The topological polar surface area (TPSA) is 26.3 Å². The SMILES string of the molecule is COc1ccc(C(C)(C)C)c2c1C(=O)C(CC(C)(C)C)C2. The van der Waals surface area contributed by atoms with E-state index in [2.05, 4.69) is 47.6 Å². The van der Waals surface area contributed by atoms with E-state index in [-0.39, 0.29) is 22.5 Å². The fraction of sp³-hybridized carbons (Fsp3) is 0.632. The molecule has 21 heavy (non-hydrogen) atoms. The van der Waals surface area contributed by atoms with Gasteiger partial charge in [-0.3, -0.25) is 4.79 Å². The second-order valence-electron chi connectivity index (χ2n) is 8.45. The molecule has 116 valence electrons. The maximum Gasteiger partial charge on any atom is 0.170 e. The van der Waals surface area contributed by atoms with Crippen LogP contribution in [0.3, 0.4) is 0 Å². The third-order valence-electron chi connectivity index (χ3n) is 4.23. The van der Waals surface area contributed by atoms with Gasteiger partial charge in [-0.15, -0.1) is 0 Å². The Labute approximate surface area is 128 Å². The summed E-state index contributed by atoms with van der Waals surface area (Å²) in [5, 5.41) is 0. The van der Waals surface area contributed by atoms with Crippen molar-refractivity contribution in [1.82, 2.24) is 0 Å². The van der Waals surface area contributed by atoms with Gasteiger partial charge in [-0.1, -0.05) is 47.6 Å². The molecule has 2 rings (SSSR count). The smallest absolute Gasteiger partial charge is 0.170 e. The van der Waals surface area contributed by atoms with Gasteiger partial charge in [-0.2, -0.15) is 0 Å². The number of hydrogen-bond donors (Lipinski definition) is 0. The molecule has 1 aliphatic carbocycles. The number of carbonyl (C=O) groups excluding carboxylic acids is 1. The van der Waals surface area contributed by atoms with E-state index in [0.717, 1.165) is 24.2 Å². The molecular weight excluding hydrogens is 260 g/mol. The Hall–Kier alpha value is -1.31. The van der Waals surface area contributed by atoms with Crippen molar-refractivity contribution in [3.8, 4) is 5.75 Å². The molecule has 0 N–H and O–H groups in total. The van der Waals surface area contributed by atoms with Crippen molar-refractivity contribution in [2.24, 2.45) is 11.3 Å². The Balaban J connectivity index is 2.51. The van der Waals surface area contributed by atoms with Crippen molar-refractivity contribution in [3.05, 3.63) is 28.8 Å². The lowest BCUT2D eigenvalue weighted by atomic mass is 9.81. The number of hydrogen-bond acceptors (Lipinski definition) is 2. The average Bonchev–Trinajstić information content (AvgIpc) is 2.62. The average molecular weight is 288 g/mol. The quantitative estimate of drug-likeness (QED) is 0.782. The molecule has 2 nitrogen and oxygen atoms in total. The van der Waals surface area contributed by atoms with E-state index >= 15 is 0 Å². The zero-order valence-electron chi connectivity index (χ0n) is 14.5. The van der Waals surface area contributed by atoms with Crippen molar-refractivity contribution in [2.75, 3.05) is 7.11 Å². The largest absolute Gasteiger partial charge is 0.496 e. The summed E-state index contributed by atoms with van der Waals surface area (Å²) < 4.78 is 5.45. The van der Waals surface area contributed by atoms with Crippen LogP contribution in [-0.2, 0) is 11.8 Å². The number of ether oxygens (including phenoxy) is 1. The van der Waals surface area contributed by atoms with Crippen LogP contribution < -0.4 is 4.74 Å². The zero-order valence-corrected chi connectivity index (χ0v) is 14.5. The molecule has 0 saturated heterocycles. The standard InChI is InChI=1S/C19H28O2/c1-18(2,3)11-12-10-13-14(19(4,5)6)8-9-15(21-7)16(13)17(12)20/h8-9,12H,10-11H2,1-7H3. The lowest BCUT2D eigenvalue weighted by molar-refractivity contribution is 0.0901. The van der Waals surface area contributed by atoms with E-state index in [0.29, 0.717) is 0 Å². The van der Waals surface area contributed by atoms with E-state index in [1.807, 2.05) is 6.07 Å². The molecule has 0 radical (unpaired) electrons. The van der Waals surface area contributed by atoms with E-state index in [4.69, 9.17) is 4.74 Å². The Kier molecular flexibility index (Phi) is 3.94. The number of benzene rings is 1. The molecule has 0 saturated carbocycles. The summed E-state index contributed by atoms with van der Waals surface area (Å²) in [4.78, 5) is 12.9. The Morgan fingerprint density at radius 3 is 2.24 bits per heavy atom. The molecule has 1 aromatic rings. The van der Waals surface area contributed by atoms with Crippen molar-refractivity contribution in [2.45, 2.75) is 59.8 Å². The molecule has 0 bridgehead atoms. The minimum Gasteiger partial charge on any atom is -0.496 e. The Morgan fingerprint density at radius 2 is 1.76 bits per heavy atom. The molecule has 0 spiro atoms. The highest BCUT2D eigenvalue weighted by Gasteiger charge is 2.38. The van der Waals surface area contributed by atoms with Gasteiger partial charge in [0.1, 0.15) is 5.75 Å². The van der Waals surface area contributed by atoms with Gasteiger partial charge < -0.3 is 4.74 Å². The predicted octanol–water partition coefficient (Wildman–Crippen LogP) is 4.78. The summed E-state index contributed by atoms with van der Waals surface area (Å²) in [5.74, 6) is 1.10. The van der Waals surface area contributed by atoms with Crippen LogP contribution in [0.25, 0.3) is 0 Å². The second-order valence-corrected chi connectivity index (χ2v) is 8.45. The lowest BCUT2D eigenvalue weighted by Gasteiger charge is -2.24. The van der Waals surface area contributed by atoms with Crippen molar-refractivity contribution >= 4 is 5.78 Å². The van der Waals surface area contributed by atoms with Gasteiger partial charge >= 0.3 is 0 Å². The molecule has 0 fully saturated rings. The van der Waals surface area contributed by atoms with Gasteiger partial charge in [0.25, 0.3) is 0 Å². The highest BCUT2D eigenvalue weighted by molar-refractivity contribution is 6.05. The fourth-order valence-electron chi connectivity index (χ4n) is 3.43. The lowest BCUT2D eigenvalue weighted by Crippen LogP contribution is -2.18. The van der Waals surface area contributed by atoms with Crippen molar-refractivity contribution in [1.29, 1.82) is 0 Å². The number of carbonyl (C=O) groups is 1. The van der Waals surface area contributed by atoms with Crippen molar-refractivity contribution < 1.29 is 9.53 Å². The molecule has 0 heterocycles. The Bertz CT molecular complexity index is 556. The second kappa shape index (κ2) is 5.15. The molecule has 1 aromatic carbocycles. The van der Waals surface area contributed by atoms with Crippen LogP contribution in [0.5, 0.6) is 5.75 Å². The van der Waals surface area contributed by atoms with Crippen LogP contribution in [0.4, 0.5) is 0 Å². The van der Waals surface area contributed by atoms with Gasteiger partial charge in [0.2, 0.25) is 0 Å². The molecule has 0 amide bonds. The first-order chi connectivity index (χ1) is 9.54. The number of rotatable bonds is 2. The van der Waals surface area contributed by atoms with Gasteiger partial charge in [-0.05, 0) is 40.9 Å². The molecule has 1 atom stereocenters. The van der Waals surface area contributed by atoms with Crippen LogP contribution in [0.2, 0.25) is 0 Å². The molecule has 0 aliphatic heterocycles. The first kappa shape index (κ1) is 16.1. The number of fused-ring (bicyclic) bond motifs is 1. The van der Waals surface area contributed by atoms with Gasteiger partial charge in [0, 0.05) is 5.92 Å². The maximum atomic E-state index is 12.9. The van der Waals surface area contributed by atoms with Gasteiger partial charge in [0.15, 0.2) is 5.78 Å². The minimum absolute atomic E-state index is 0.0489. The van der Waals surface area contributed by atoms with E-state index in [1.165, 1.54) is 11.1 Å². The number of ketones is 1. The van der Waals surface area contributed by atoms with Crippen LogP contribution in [0.1, 0.15) is 69.4 Å². The summed E-state index contributed by atoms with van der Waals surface area (Å²) in [6, 6.07) is 4.08. The number of methoxy groups -OCH3 is 1. The van der Waals surface area contributed by atoms with E-state index < -0.39 is 0 Å². The summed E-state index contributed by atoms with van der Waals surface area (Å²) >= 11 is 0. The Morgan fingerprint density at radius 1 is 1.14 bits per heavy atom. The first-order valence-corrected chi connectivity index (χ1v) is 7.79. The molecule has 0 aromatic heterocycles. The van der Waals surface area contributed by atoms with Crippen LogP contribution in [0, 0.1) is 11.3 Å². The molecular formula is C19H28O2. The fourth-order valence-corrected chi connectivity index (χ4v) is 3.43. The molecule has 1 unspecified atom stereocenters. The summed E-state index contributed by atoms with van der Waals surface area (Å²) in [5.41, 5.74) is 3.54. The third-order valence-corrected chi connectivity index (χ3v) is 4.23. The van der Waals surface area contributed by atoms with E-state index in [1.54, 1.807) is 7.11 Å². The summed E-state index contributed by atoms with van der Waals surface area (Å²) in [7, 11) is 1.65. The highest BCUT2D eigenvalue weighted by Crippen LogP contribution is 2.43. The summed E-state index contributed by atoms with van der Waals surface area (Å²) in [6.45, 7) is 13.2. The normalized spacial score (nSPS) is 18.8. The van der Waals surface area contributed by atoms with Gasteiger partial charge in [-0.25, -0.2) is 0 Å². The maximum absolute atomic E-state index is 12.9. The van der Waals surface area contributed by atoms with Crippen molar-refractivity contribution in [3.63, 3.8) is 0 Å². The molecule has 2 heteroatoms. The first-order valence-electron chi connectivity index (χ1n) is 7.79. The summed E-state index contributed by atoms with van der Waals surface area (Å²) in [6.07, 6.45) is 1.78. The van der Waals surface area contributed by atoms with E-state index in [9.17, 15) is 4.79 Å². The molecule has 1 aliphatic rings. The minimum atomic E-state index is 0.0489. The van der Waals surface area contributed by atoms with Gasteiger partial charge in [0.05, 0.1) is 12.7 Å². The van der Waals surface area contributed by atoms with Crippen LogP contribution >= 0.6 is 0 Å². The predicted molar refractivity (Wildman–Crippen MR) is 87.3 cm³/mol. The monoisotopic (exact) mass is 288 g/mol. The third kappa shape index (κ3) is 3.14. The highest BCUT2D eigenvalue weighted by atomic mass is 16.5. The zero-order chi connectivity index (χ0) is 16.0.